The normalized spacial score (nSPS) is 8.63. The summed E-state index contributed by atoms with van der Waals surface area (Å²) in [5, 5.41) is 0. The number of rotatable bonds is 1. The third-order valence-electron chi connectivity index (χ3n) is 2.38. The van der Waals surface area contributed by atoms with Crippen molar-refractivity contribution in [2.75, 3.05) is 0 Å². The Hall–Kier alpha value is -2.77. The Bertz CT molecular complexity index is 662. The molecule has 0 aliphatic rings. The molecule has 0 amide bonds. The van der Waals surface area contributed by atoms with Crippen molar-refractivity contribution >= 4 is 5.78 Å². The number of carbonyl (C=O) groups excluding carboxylic acids is 1. The minimum atomic E-state index is -0.160. The van der Waals surface area contributed by atoms with E-state index in [1.165, 1.54) is 0 Å². The lowest BCUT2D eigenvalue weighted by atomic mass is 10.2. The average Bonchev–Trinajstić information content (AvgIpc) is 2.47. The topological polar surface area (TPSA) is 17.1 Å². The van der Waals surface area contributed by atoms with Crippen LogP contribution in [0.2, 0.25) is 0 Å². The summed E-state index contributed by atoms with van der Waals surface area (Å²) in [6.45, 7) is 0. The van der Waals surface area contributed by atoms with Gasteiger partial charge >= 0.3 is 0 Å². The fourth-order valence-electron chi connectivity index (χ4n) is 1.46. The Labute approximate surface area is 113 Å². The third-order valence-corrected chi connectivity index (χ3v) is 2.38. The number of benzene rings is 2. The van der Waals surface area contributed by atoms with Crippen molar-refractivity contribution in [3.8, 4) is 23.7 Å². The van der Waals surface area contributed by atoms with Crippen LogP contribution in [0.3, 0.4) is 0 Å². The van der Waals surface area contributed by atoms with Crippen molar-refractivity contribution < 1.29 is 4.79 Å². The lowest BCUT2D eigenvalue weighted by molar-refractivity contribution is -0.112. The Morgan fingerprint density at radius 3 is 1.89 bits per heavy atom. The molecule has 2 aromatic carbocycles. The maximum atomic E-state index is 11.5. The van der Waals surface area contributed by atoms with Crippen LogP contribution in [0.25, 0.3) is 0 Å². The van der Waals surface area contributed by atoms with Crippen molar-refractivity contribution in [3.63, 3.8) is 0 Å². The summed E-state index contributed by atoms with van der Waals surface area (Å²) < 4.78 is 0. The fourth-order valence-corrected chi connectivity index (χ4v) is 1.46. The molecule has 0 N–H and O–H groups in total. The number of ketones is 1. The molecule has 0 aliphatic heterocycles. The molecule has 1 nitrogen and oxygen atoms in total. The highest BCUT2D eigenvalue weighted by molar-refractivity contribution is 5.97. The maximum Gasteiger partial charge on any atom is 0.217 e. The van der Waals surface area contributed by atoms with Crippen LogP contribution in [0, 0.1) is 23.7 Å². The van der Waals surface area contributed by atoms with Crippen LogP contribution < -0.4 is 0 Å². The van der Waals surface area contributed by atoms with Crippen LogP contribution in [-0.2, 0) is 4.79 Å². The first-order chi connectivity index (χ1) is 9.34. The number of hydrogen-bond acceptors (Lipinski definition) is 1. The van der Waals surface area contributed by atoms with Gasteiger partial charge in [-0.2, -0.15) is 0 Å². The van der Waals surface area contributed by atoms with Gasteiger partial charge in [0.15, 0.2) is 0 Å². The van der Waals surface area contributed by atoms with Crippen molar-refractivity contribution in [2.24, 2.45) is 0 Å². The molecule has 0 saturated carbocycles. The zero-order valence-electron chi connectivity index (χ0n) is 10.4. The quantitative estimate of drug-likeness (QED) is 0.705. The van der Waals surface area contributed by atoms with Crippen molar-refractivity contribution in [1.29, 1.82) is 0 Å². The Morgan fingerprint density at radius 2 is 1.32 bits per heavy atom. The first-order valence-electron chi connectivity index (χ1n) is 5.98. The van der Waals surface area contributed by atoms with Crippen LogP contribution in [0.15, 0.2) is 60.7 Å². The van der Waals surface area contributed by atoms with Gasteiger partial charge in [0.25, 0.3) is 0 Å². The first kappa shape index (κ1) is 12.7. The highest BCUT2D eigenvalue weighted by Crippen LogP contribution is 1.96. The standard InChI is InChI=1S/C18H12O/c19-18(15-14-17-10-5-2-6-11-17)13-7-12-16-8-3-1-4-9-16/h1-6,8-11H,13H2. The SMILES string of the molecule is O=C(C#Cc1ccccc1)CC#Cc1ccccc1. The van der Waals surface area contributed by atoms with Gasteiger partial charge in [-0.3, -0.25) is 4.79 Å². The van der Waals surface area contributed by atoms with Crippen LogP contribution in [0.5, 0.6) is 0 Å². The van der Waals surface area contributed by atoms with Crippen molar-refractivity contribution in [2.45, 2.75) is 6.42 Å². The predicted molar refractivity (Wildman–Crippen MR) is 76.3 cm³/mol. The van der Waals surface area contributed by atoms with Gasteiger partial charge in [0.1, 0.15) is 0 Å². The van der Waals surface area contributed by atoms with E-state index in [4.69, 9.17) is 0 Å². The molecule has 1 heteroatoms. The number of carbonyl (C=O) groups is 1. The van der Waals surface area contributed by atoms with Gasteiger partial charge in [-0.05, 0) is 30.2 Å². The monoisotopic (exact) mass is 244 g/mol. The minimum absolute atomic E-state index is 0.160. The van der Waals surface area contributed by atoms with Crippen molar-refractivity contribution in [1.82, 2.24) is 0 Å². The molecule has 0 heterocycles. The van der Waals surface area contributed by atoms with Crippen molar-refractivity contribution in [3.05, 3.63) is 71.8 Å². The highest BCUT2D eigenvalue weighted by Gasteiger charge is 1.92. The van der Waals surface area contributed by atoms with Gasteiger partial charge in [-0.1, -0.05) is 54.2 Å². The van der Waals surface area contributed by atoms with E-state index in [2.05, 4.69) is 23.7 Å². The van der Waals surface area contributed by atoms with Crippen LogP contribution in [0.1, 0.15) is 17.5 Å². The molecule has 0 aromatic heterocycles. The summed E-state index contributed by atoms with van der Waals surface area (Å²) in [6, 6.07) is 19.0. The summed E-state index contributed by atoms with van der Waals surface area (Å²) in [5.74, 6) is 11.0. The summed E-state index contributed by atoms with van der Waals surface area (Å²) in [7, 11) is 0. The molecule has 0 aliphatic carbocycles. The second kappa shape index (κ2) is 6.84. The van der Waals surface area contributed by atoms with Gasteiger partial charge in [0, 0.05) is 11.1 Å². The molecule has 0 fully saturated rings. The lowest BCUT2D eigenvalue weighted by Crippen LogP contribution is -1.90. The molecule has 0 unspecified atom stereocenters. The summed E-state index contributed by atoms with van der Waals surface area (Å²) in [5.41, 5.74) is 1.75. The summed E-state index contributed by atoms with van der Waals surface area (Å²) in [4.78, 5) is 11.5. The Kier molecular flexibility index (Phi) is 4.57. The average molecular weight is 244 g/mol. The number of hydrogen-bond donors (Lipinski definition) is 0. The highest BCUT2D eigenvalue weighted by atomic mass is 16.1. The molecule has 0 spiro atoms. The van der Waals surface area contributed by atoms with E-state index in [1.54, 1.807) is 0 Å². The van der Waals surface area contributed by atoms with E-state index in [-0.39, 0.29) is 12.2 Å². The summed E-state index contributed by atoms with van der Waals surface area (Å²) in [6.07, 6.45) is 0.161. The molecule has 19 heavy (non-hydrogen) atoms. The molecular formula is C18H12O. The number of Topliss-reactive ketones (excluding diaryl/α,β-unsaturated/α-hetero) is 1. The largest absolute Gasteiger partial charge is 0.284 e. The molecule has 2 aromatic rings. The second-order valence-electron chi connectivity index (χ2n) is 3.88. The lowest BCUT2D eigenvalue weighted by Gasteiger charge is -1.87. The Balaban J connectivity index is 1.93. The third kappa shape index (κ3) is 4.54. The van der Waals surface area contributed by atoms with Gasteiger partial charge in [-0.15, -0.1) is 0 Å². The molecule has 0 atom stereocenters. The Morgan fingerprint density at radius 1 is 0.789 bits per heavy atom. The fraction of sp³-hybridized carbons (Fsp3) is 0.0556. The van der Waals surface area contributed by atoms with E-state index >= 15 is 0 Å². The molecule has 0 saturated heterocycles. The smallest absolute Gasteiger partial charge is 0.217 e. The van der Waals surface area contributed by atoms with Crippen LogP contribution in [0.4, 0.5) is 0 Å². The van der Waals surface area contributed by atoms with E-state index in [0.717, 1.165) is 11.1 Å². The molecule has 2 rings (SSSR count). The van der Waals surface area contributed by atoms with Gasteiger partial charge in [-0.25, -0.2) is 0 Å². The van der Waals surface area contributed by atoms with Gasteiger partial charge < -0.3 is 0 Å². The predicted octanol–water partition coefficient (Wildman–Crippen LogP) is 3.05. The first-order valence-corrected chi connectivity index (χ1v) is 5.98. The van der Waals surface area contributed by atoms with Gasteiger partial charge in [0.2, 0.25) is 5.78 Å². The molecule has 0 radical (unpaired) electrons. The summed E-state index contributed by atoms with van der Waals surface area (Å²) >= 11 is 0. The van der Waals surface area contributed by atoms with Crippen LogP contribution >= 0.6 is 0 Å². The minimum Gasteiger partial charge on any atom is -0.284 e. The van der Waals surface area contributed by atoms with E-state index in [0.29, 0.717) is 0 Å². The van der Waals surface area contributed by atoms with E-state index < -0.39 is 0 Å². The van der Waals surface area contributed by atoms with E-state index in [1.807, 2.05) is 60.7 Å². The second-order valence-corrected chi connectivity index (χ2v) is 3.88. The zero-order valence-corrected chi connectivity index (χ0v) is 10.4. The van der Waals surface area contributed by atoms with Crippen LogP contribution in [-0.4, -0.2) is 5.78 Å². The maximum absolute atomic E-state index is 11.5. The zero-order chi connectivity index (χ0) is 13.3. The van der Waals surface area contributed by atoms with Gasteiger partial charge in [0.05, 0.1) is 6.42 Å². The molecule has 90 valence electrons. The molecule has 0 bridgehead atoms. The van der Waals surface area contributed by atoms with E-state index in [9.17, 15) is 4.79 Å². The molecular weight excluding hydrogens is 232 g/mol.